The SMILES string of the molecule is CNC(C)c1nc(Cc2ccc(OC)c(OC)c2)nn1C1CCN(C)CC1. The van der Waals surface area contributed by atoms with Gasteiger partial charge >= 0.3 is 0 Å². The topological polar surface area (TPSA) is 64.4 Å². The maximum atomic E-state index is 5.42. The third-order valence-corrected chi connectivity index (χ3v) is 5.37. The first-order valence-corrected chi connectivity index (χ1v) is 9.57. The van der Waals surface area contributed by atoms with Gasteiger partial charge < -0.3 is 19.7 Å². The van der Waals surface area contributed by atoms with Gasteiger partial charge in [0.15, 0.2) is 17.3 Å². The van der Waals surface area contributed by atoms with Crippen LogP contribution >= 0.6 is 0 Å². The van der Waals surface area contributed by atoms with E-state index in [9.17, 15) is 0 Å². The number of rotatable bonds is 7. The van der Waals surface area contributed by atoms with E-state index in [0.29, 0.717) is 12.5 Å². The minimum atomic E-state index is 0.163. The normalized spacial score (nSPS) is 17.1. The first kappa shape index (κ1) is 19.6. The van der Waals surface area contributed by atoms with Gasteiger partial charge in [0.2, 0.25) is 0 Å². The summed E-state index contributed by atoms with van der Waals surface area (Å²) in [6, 6.07) is 6.55. The molecule has 7 nitrogen and oxygen atoms in total. The monoisotopic (exact) mass is 373 g/mol. The van der Waals surface area contributed by atoms with Gasteiger partial charge in [-0.2, -0.15) is 5.10 Å². The molecule has 1 aromatic heterocycles. The highest BCUT2D eigenvalue weighted by molar-refractivity contribution is 5.43. The van der Waals surface area contributed by atoms with Gasteiger partial charge in [0.25, 0.3) is 0 Å². The molecule has 1 N–H and O–H groups in total. The van der Waals surface area contributed by atoms with Gasteiger partial charge in [0.1, 0.15) is 5.82 Å². The fourth-order valence-corrected chi connectivity index (χ4v) is 3.56. The smallest absolute Gasteiger partial charge is 0.161 e. The van der Waals surface area contributed by atoms with E-state index in [1.807, 2.05) is 25.2 Å². The van der Waals surface area contributed by atoms with Crippen LogP contribution in [0.25, 0.3) is 0 Å². The highest BCUT2D eigenvalue weighted by Gasteiger charge is 2.25. The van der Waals surface area contributed by atoms with Crippen molar-refractivity contribution in [2.24, 2.45) is 0 Å². The molecule has 2 heterocycles. The zero-order valence-corrected chi connectivity index (χ0v) is 17.0. The molecule has 1 aliphatic rings. The lowest BCUT2D eigenvalue weighted by Gasteiger charge is -2.30. The van der Waals surface area contributed by atoms with E-state index in [-0.39, 0.29) is 6.04 Å². The van der Waals surface area contributed by atoms with Gasteiger partial charge in [0.05, 0.1) is 26.3 Å². The summed E-state index contributed by atoms with van der Waals surface area (Å²) < 4.78 is 12.9. The second-order valence-corrected chi connectivity index (χ2v) is 7.24. The summed E-state index contributed by atoms with van der Waals surface area (Å²) in [7, 11) is 7.44. The number of benzene rings is 1. The Morgan fingerprint density at radius 3 is 2.52 bits per heavy atom. The fourth-order valence-electron chi connectivity index (χ4n) is 3.56. The molecule has 0 saturated carbocycles. The van der Waals surface area contributed by atoms with Crippen molar-refractivity contribution in [2.75, 3.05) is 41.4 Å². The molecule has 1 aromatic carbocycles. The molecule has 2 aromatic rings. The second-order valence-electron chi connectivity index (χ2n) is 7.24. The van der Waals surface area contributed by atoms with Crippen molar-refractivity contribution in [3.8, 4) is 11.5 Å². The molecule has 1 fully saturated rings. The molecule has 1 unspecified atom stereocenters. The van der Waals surface area contributed by atoms with Crippen molar-refractivity contribution < 1.29 is 9.47 Å². The van der Waals surface area contributed by atoms with Crippen molar-refractivity contribution in [3.05, 3.63) is 35.4 Å². The first-order chi connectivity index (χ1) is 13.0. The number of piperidine rings is 1. The van der Waals surface area contributed by atoms with Crippen LogP contribution in [0.2, 0.25) is 0 Å². The number of likely N-dealkylation sites (tertiary alicyclic amines) is 1. The molecule has 0 radical (unpaired) electrons. The van der Waals surface area contributed by atoms with Crippen molar-refractivity contribution in [1.29, 1.82) is 0 Å². The molecular weight excluding hydrogens is 342 g/mol. The van der Waals surface area contributed by atoms with Crippen LogP contribution in [0.4, 0.5) is 0 Å². The highest BCUT2D eigenvalue weighted by Crippen LogP contribution is 2.29. The van der Waals surface area contributed by atoms with Gasteiger partial charge in [-0.15, -0.1) is 0 Å². The maximum Gasteiger partial charge on any atom is 0.161 e. The molecule has 7 heteroatoms. The van der Waals surface area contributed by atoms with Crippen LogP contribution in [0, 0.1) is 0 Å². The number of hydrogen-bond donors (Lipinski definition) is 1. The predicted octanol–water partition coefficient (Wildman–Crippen LogP) is 2.43. The Morgan fingerprint density at radius 1 is 1.19 bits per heavy atom. The van der Waals surface area contributed by atoms with E-state index >= 15 is 0 Å². The molecule has 3 rings (SSSR count). The average molecular weight is 374 g/mol. The quantitative estimate of drug-likeness (QED) is 0.804. The summed E-state index contributed by atoms with van der Waals surface area (Å²) in [4.78, 5) is 7.25. The number of methoxy groups -OCH3 is 2. The Kier molecular flexibility index (Phi) is 6.34. The molecule has 27 heavy (non-hydrogen) atoms. The summed E-state index contributed by atoms with van der Waals surface area (Å²) in [6.45, 7) is 4.33. The lowest BCUT2D eigenvalue weighted by molar-refractivity contribution is 0.207. The van der Waals surface area contributed by atoms with Crippen LogP contribution < -0.4 is 14.8 Å². The Labute approximate surface area is 161 Å². The molecule has 148 valence electrons. The van der Waals surface area contributed by atoms with Crippen molar-refractivity contribution in [2.45, 2.75) is 38.3 Å². The minimum Gasteiger partial charge on any atom is -0.493 e. The zero-order chi connectivity index (χ0) is 19.4. The fraction of sp³-hybridized carbons (Fsp3) is 0.600. The number of aromatic nitrogens is 3. The van der Waals surface area contributed by atoms with Gasteiger partial charge in [-0.3, -0.25) is 0 Å². The number of nitrogens with zero attached hydrogens (tertiary/aromatic N) is 4. The lowest BCUT2D eigenvalue weighted by Crippen LogP contribution is -2.33. The number of hydrogen-bond acceptors (Lipinski definition) is 6. The standard InChI is InChI=1S/C20H31N5O2/c1-14(21-2)20-22-19(23-25(20)16-8-10-24(3)11-9-16)13-15-6-7-17(26-4)18(12-15)27-5/h6-7,12,14,16,21H,8-11,13H2,1-5H3. The zero-order valence-electron chi connectivity index (χ0n) is 17.0. The van der Waals surface area contributed by atoms with Gasteiger partial charge in [-0.1, -0.05) is 6.07 Å². The summed E-state index contributed by atoms with van der Waals surface area (Å²) in [6.07, 6.45) is 2.89. The van der Waals surface area contributed by atoms with Crippen LogP contribution in [-0.4, -0.2) is 61.1 Å². The molecule has 1 aliphatic heterocycles. The molecular formula is C20H31N5O2. The van der Waals surface area contributed by atoms with Crippen molar-refractivity contribution >= 4 is 0 Å². The van der Waals surface area contributed by atoms with E-state index in [0.717, 1.165) is 54.6 Å². The minimum absolute atomic E-state index is 0.163. The van der Waals surface area contributed by atoms with Gasteiger partial charge in [-0.25, -0.2) is 9.67 Å². The van der Waals surface area contributed by atoms with E-state index in [1.165, 1.54) is 0 Å². The van der Waals surface area contributed by atoms with Crippen molar-refractivity contribution in [1.82, 2.24) is 25.0 Å². The molecule has 0 bridgehead atoms. The van der Waals surface area contributed by atoms with Gasteiger partial charge in [-0.05, 0) is 64.6 Å². The Bertz CT molecular complexity index is 753. The molecule has 0 amide bonds. The summed E-state index contributed by atoms with van der Waals surface area (Å²) in [5.74, 6) is 3.32. The maximum absolute atomic E-state index is 5.42. The molecule has 0 spiro atoms. The molecule has 1 atom stereocenters. The van der Waals surface area contributed by atoms with Crippen LogP contribution in [-0.2, 0) is 6.42 Å². The van der Waals surface area contributed by atoms with E-state index in [1.54, 1.807) is 14.2 Å². The van der Waals surface area contributed by atoms with Crippen molar-refractivity contribution in [3.63, 3.8) is 0 Å². The Morgan fingerprint density at radius 2 is 1.89 bits per heavy atom. The van der Waals surface area contributed by atoms with Crippen LogP contribution in [0.3, 0.4) is 0 Å². The average Bonchev–Trinajstić information content (AvgIpc) is 3.11. The molecule has 1 saturated heterocycles. The van der Waals surface area contributed by atoms with Crippen LogP contribution in [0.1, 0.15) is 49.1 Å². The number of nitrogens with one attached hydrogen (secondary N) is 1. The third-order valence-electron chi connectivity index (χ3n) is 5.37. The predicted molar refractivity (Wildman–Crippen MR) is 106 cm³/mol. The van der Waals surface area contributed by atoms with E-state index < -0.39 is 0 Å². The third kappa shape index (κ3) is 4.42. The van der Waals surface area contributed by atoms with E-state index in [4.69, 9.17) is 19.6 Å². The summed E-state index contributed by atoms with van der Waals surface area (Å²) in [5.41, 5.74) is 1.11. The summed E-state index contributed by atoms with van der Waals surface area (Å²) in [5, 5.41) is 8.21. The van der Waals surface area contributed by atoms with E-state index in [2.05, 4.69) is 28.9 Å². The van der Waals surface area contributed by atoms with Gasteiger partial charge in [0, 0.05) is 6.42 Å². The lowest BCUT2D eigenvalue weighted by atomic mass is 10.1. The Hall–Kier alpha value is -2.12. The first-order valence-electron chi connectivity index (χ1n) is 9.57. The molecule has 0 aliphatic carbocycles. The summed E-state index contributed by atoms with van der Waals surface area (Å²) >= 11 is 0. The van der Waals surface area contributed by atoms with Crippen LogP contribution in [0.15, 0.2) is 18.2 Å². The number of ether oxygens (including phenoxy) is 2. The second kappa shape index (κ2) is 8.71. The highest BCUT2D eigenvalue weighted by atomic mass is 16.5. The Balaban J connectivity index is 1.85. The largest absolute Gasteiger partial charge is 0.493 e. The van der Waals surface area contributed by atoms with Crippen LogP contribution in [0.5, 0.6) is 11.5 Å².